The molecular weight excluding hydrogens is 234 g/mol. The van der Waals surface area contributed by atoms with Crippen molar-refractivity contribution in [3.8, 4) is 0 Å². The lowest BCUT2D eigenvalue weighted by Gasteiger charge is -2.15. The third-order valence-corrected chi connectivity index (χ3v) is 4.09. The Morgan fingerprint density at radius 1 is 1.29 bits per heavy atom. The summed E-state index contributed by atoms with van der Waals surface area (Å²) in [6.45, 7) is 0. The predicted octanol–water partition coefficient (Wildman–Crippen LogP) is 4.28. The largest absolute Gasteiger partial charge is 0.459 e. The van der Waals surface area contributed by atoms with Crippen LogP contribution < -0.4 is 5.73 Å². The SMILES string of the molecule is NC(c1cc2c(Cl)cccc2o1)C1CCCC1. The molecule has 90 valence electrons. The number of fused-ring (bicyclic) bond motifs is 1. The molecule has 2 N–H and O–H groups in total. The Kier molecular flexibility index (Phi) is 2.85. The quantitative estimate of drug-likeness (QED) is 0.863. The van der Waals surface area contributed by atoms with Crippen LogP contribution in [0.3, 0.4) is 0 Å². The summed E-state index contributed by atoms with van der Waals surface area (Å²) >= 11 is 6.13. The van der Waals surface area contributed by atoms with E-state index in [4.69, 9.17) is 21.8 Å². The highest BCUT2D eigenvalue weighted by atomic mass is 35.5. The number of furan rings is 1. The fourth-order valence-electron chi connectivity index (χ4n) is 2.76. The van der Waals surface area contributed by atoms with Crippen LogP contribution in [0.4, 0.5) is 0 Å². The van der Waals surface area contributed by atoms with Crippen molar-refractivity contribution in [3.05, 3.63) is 35.0 Å². The third kappa shape index (κ3) is 1.96. The predicted molar refractivity (Wildman–Crippen MR) is 70.1 cm³/mol. The van der Waals surface area contributed by atoms with Gasteiger partial charge in [0.1, 0.15) is 11.3 Å². The highest BCUT2D eigenvalue weighted by Crippen LogP contribution is 2.37. The maximum atomic E-state index is 6.28. The van der Waals surface area contributed by atoms with Gasteiger partial charge < -0.3 is 10.2 Å². The number of rotatable bonds is 2. The van der Waals surface area contributed by atoms with Crippen LogP contribution >= 0.6 is 11.6 Å². The van der Waals surface area contributed by atoms with Crippen LogP contribution in [0.2, 0.25) is 5.02 Å². The molecule has 0 spiro atoms. The average Bonchev–Trinajstić information content (AvgIpc) is 2.98. The topological polar surface area (TPSA) is 39.2 Å². The molecule has 0 amide bonds. The average molecular weight is 250 g/mol. The molecule has 1 aromatic carbocycles. The van der Waals surface area contributed by atoms with Gasteiger partial charge in [-0.15, -0.1) is 0 Å². The summed E-state index contributed by atoms with van der Waals surface area (Å²) in [5.74, 6) is 1.44. The molecule has 1 atom stereocenters. The van der Waals surface area contributed by atoms with Crippen LogP contribution in [0.5, 0.6) is 0 Å². The van der Waals surface area contributed by atoms with Gasteiger partial charge in [0.15, 0.2) is 0 Å². The van der Waals surface area contributed by atoms with Crippen LogP contribution in [-0.4, -0.2) is 0 Å². The summed E-state index contributed by atoms with van der Waals surface area (Å²) < 4.78 is 5.81. The molecule has 1 aliphatic rings. The zero-order valence-corrected chi connectivity index (χ0v) is 10.4. The summed E-state index contributed by atoms with van der Waals surface area (Å²) in [5, 5.41) is 1.70. The van der Waals surface area contributed by atoms with Crippen LogP contribution in [0.25, 0.3) is 11.0 Å². The van der Waals surface area contributed by atoms with Gasteiger partial charge in [0.25, 0.3) is 0 Å². The molecule has 3 rings (SSSR count). The minimum absolute atomic E-state index is 0.0148. The molecule has 2 aromatic rings. The molecule has 3 heteroatoms. The van der Waals surface area contributed by atoms with Crippen molar-refractivity contribution < 1.29 is 4.42 Å². The Bertz CT molecular complexity index is 528. The molecule has 1 heterocycles. The number of hydrogen-bond donors (Lipinski definition) is 1. The van der Waals surface area contributed by atoms with Crippen LogP contribution in [-0.2, 0) is 0 Å². The van der Waals surface area contributed by atoms with E-state index >= 15 is 0 Å². The van der Waals surface area contributed by atoms with Gasteiger partial charge in [0.05, 0.1) is 11.1 Å². The van der Waals surface area contributed by atoms with Crippen molar-refractivity contribution in [3.63, 3.8) is 0 Å². The van der Waals surface area contributed by atoms with E-state index in [2.05, 4.69) is 0 Å². The molecule has 1 aromatic heterocycles. The number of benzene rings is 1. The Labute approximate surface area is 106 Å². The normalized spacial score (nSPS) is 18.9. The van der Waals surface area contributed by atoms with Crippen LogP contribution in [0.1, 0.15) is 37.5 Å². The van der Waals surface area contributed by atoms with Gasteiger partial charge in [-0.3, -0.25) is 0 Å². The lowest BCUT2D eigenvalue weighted by molar-refractivity contribution is 0.380. The van der Waals surface area contributed by atoms with E-state index in [1.807, 2.05) is 24.3 Å². The summed E-state index contributed by atoms with van der Waals surface area (Å²) in [5.41, 5.74) is 7.11. The molecule has 0 saturated heterocycles. The van der Waals surface area contributed by atoms with Gasteiger partial charge in [0.2, 0.25) is 0 Å². The fraction of sp³-hybridized carbons (Fsp3) is 0.429. The summed E-state index contributed by atoms with van der Waals surface area (Å²) in [6, 6.07) is 7.73. The second-order valence-electron chi connectivity index (χ2n) is 4.87. The minimum atomic E-state index is 0.0148. The van der Waals surface area contributed by atoms with Crippen molar-refractivity contribution in [2.75, 3.05) is 0 Å². The molecular formula is C14H16ClNO. The van der Waals surface area contributed by atoms with E-state index < -0.39 is 0 Å². The first-order valence-corrected chi connectivity index (χ1v) is 6.57. The molecule has 0 aliphatic heterocycles. The Morgan fingerprint density at radius 3 is 2.76 bits per heavy atom. The Balaban J connectivity index is 1.97. The van der Waals surface area contributed by atoms with E-state index in [9.17, 15) is 0 Å². The van der Waals surface area contributed by atoms with Crippen molar-refractivity contribution in [2.24, 2.45) is 11.7 Å². The van der Waals surface area contributed by atoms with E-state index in [1.165, 1.54) is 25.7 Å². The van der Waals surface area contributed by atoms with Gasteiger partial charge in [0, 0.05) is 5.39 Å². The summed E-state index contributed by atoms with van der Waals surface area (Å²) in [6.07, 6.45) is 5.01. The van der Waals surface area contributed by atoms with Crippen LogP contribution in [0, 0.1) is 5.92 Å². The van der Waals surface area contributed by atoms with Crippen LogP contribution in [0.15, 0.2) is 28.7 Å². The molecule has 1 fully saturated rings. The maximum absolute atomic E-state index is 6.28. The van der Waals surface area contributed by atoms with Crippen molar-refractivity contribution in [1.29, 1.82) is 0 Å². The number of hydrogen-bond acceptors (Lipinski definition) is 2. The molecule has 0 bridgehead atoms. The maximum Gasteiger partial charge on any atom is 0.135 e. The highest BCUT2D eigenvalue weighted by Gasteiger charge is 2.25. The Hall–Kier alpha value is -0.990. The second-order valence-corrected chi connectivity index (χ2v) is 5.28. The first-order valence-electron chi connectivity index (χ1n) is 6.19. The molecule has 17 heavy (non-hydrogen) atoms. The number of halogens is 1. The molecule has 1 aliphatic carbocycles. The smallest absolute Gasteiger partial charge is 0.135 e. The molecule has 1 saturated carbocycles. The van der Waals surface area contributed by atoms with Crippen molar-refractivity contribution in [1.82, 2.24) is 0 Å². The highest BCUT2D eigenvalue weighted by molar-refractivity contribution is 6.35. The second kappa shape index (κ2) is 4.35. The standard InChI is InChI=1S/C14H16ClNO/c15-11-6-3-7-12-10(11)8-13(17-12)14(16)9-4-1-2-5-9/h3,6-9,14H,1-2,4-5,16H2. The molecule has 2 nitrogen and oxygen atoms in total. The molecule has 1 unspecified atom stereocenters. The molecule has 0 radical (unpaired) electrons. The number of nitrogens with two attached hydrogens (primary N) is 1. The lowest BCUT2D eigenvalue weighted by atomic mass is 9.97. The van der Waals surface area contributed by atoms with Gasteiger partial charge in [-0.05, 0) is 37.0 Å². The zero-order chi connectivity index (χ0) is 11.8. The van der Waals surface area contributed by atoms with Gasteiger partial charge in [-0.25, -0.2) is 0 Å². The summed E-state index contributed by atoms with van der Waals surface area (Å²) in [7, 11) is 0. The van der Waals surface area contributed by atoms with E-state index in [-0.39, 0.29) is 6.04 Å². The van der Waals surface area contributed by atoms with Gasteiger partial charge >= 0.3 is 0 Å². The third-order valence-electron chi connectivity index (χ3n) is 3.76. The minimum Gasteiger partial charge on any atom is -0.459 e. The van der Waals surface area contributed by atoms with Crippen molar-refractivity contribution >= 4 is 22.6 Å². The van der Waals surface area contributed by atoms with E-state index in [0.29, 0.717) is 5.92 Å². The monoisotopic (exact) mass is 249 g/mol. The Morgan fingerprint density at radius 2 is 2.06 bits per heavy atom. The summed E-state index contributed by atoms with van der Waals surface area (Å²) in [4.78, 5) is 0. The van der Waals surface area contributed by atoms with Gasteiger partial charge in [-0.2, -0.15) is 0 Å². The first-order chi connectivity index (χ1) is 8.25. The van der Waals surface area contributed by atoms with E-state index in [0.717, 1.165) is 21.8 Å². The first kappa shape index (κ1) is 11.1. The van der Waals surface area contributed by atoms with Crippen molar-refractivity contribution in [2.45, 2.75) is 31.7 Å². The zero-order valence-electron chi connectivity index (χ0n) is 9.66. The fourth-order valence-corrected chi connectivity index (χ4v) is 2.98. The van der Waals surface area contributed by atoms with Gasteiger partial charge in [-0.1, -0.05) is 30.5 Å². The van der Waals surface area contributed by atoms with E-state index in [1.54, 1.807) is 0 Å². The lowest BCUT2D eigenvalue weighted by Crippen LogP contribution is -2.18.